The summed E-state index contributed by atoms with van der Waals surface area (Å²) in [6.07, 6.45) is 1.57. The van der Waals surface area contributed by atoms with E-state index in [9.17, 15) is 14.7 Å². The average molecular weight is 561 g/mol. The highest BCUT2D eigenvalue weighted by atomic mass is 16.6. The van der Waals surface area contributed by atoms with Crippen molar-refractivity contribution in [3.8, 4) is 5.75 Å². The first-order valence-corrected chi connectivity index (χ1v) is 14.2. The number of fused-ring (bicyclic) bond motifs is 1. The first kappa shape index (κ1) is 31.7. The van der Waals surface area contributed by atoms with Gasteiger partial charge in [-0.15, -0.1) is 0 Å². The lowest BCUT2D eigenvalue weighted by Crippen LogP contribution is -2.46. The lowest BCUT2D eigenvalue weighted by Gasteiger charge is -2.34. The second-order valence-electron chi connectivity index (χ2n) is 11.8. The fourth-order valence-electron chi connectivity index (χ4n) is 4.74. The van der Waals surface area contributed by atoms with Gasteiger partial charge in [-0.05, 0) is 83.2 Å². The van der Waals surface area contributed by atoms with Crippen LogP contribution in [0.3, 0.4) is 0 Å². The van der Waals surface area contributed by atoms with Crippen molar-refractivity contribution in [1.82, 2.24) is 9.80 Å². The van der Waals surface area contributed by atoms with Gasteiger partial charge in [0.2, 0.25) is 0 Å². The highest BCUT2D eigenvalue weighted by Crippen LogP contribution is 2.26. The largest absolute Gasteiger partial charge is 0.489 e. The number of nitrogens with zero attached hydrogens (tertiary/aromatic N) is 2. The van der Waals surface area contributed by atoms with Crippen molar-refractivity contribution >= 4 is 28.9 Å². The molecule has 0 unspecified atom stereocenters. The van der Waals surface area contributed by atoms with Crippen LogP contribution in [-0.2, 0) is 4.74 Å². The molecule has 0 aliphatic carbocycles. The number of hydrogen-bond acceptors (Lipinski definition) is 5. The molecule has 1 N–H and O–H groups in total. The average Bonchev–Trinajstić information content (AvgIpc) is 2.90. The Hall–Kier alpha value is -3.84. The van der Waals surface area contributed by atoms with Gasteiger partial charge in [0.05, 0.1) is 5.56 Å². The van der Waals surface area contributed by atoms with Gasteiger partial charge in [0.1, 0.15) is 18.0 Å². The zero-order valence-electron chi connectivity index (χ0n) is 25.4. The number of hydrogen-bond donors (Lipinski definition) is 1. The molecule has 0 saturated heterocycles. The second kappa shape index (κ2) is 14.2. The Bertz CT molecular complexity index is 1330. The molecular weight excluding hydrogens is 516 g/mol. The summed E-state index contributed by atoms with van der Waals surface area (Å²) in [4.78, 5) is 28.9. The van der Waals surface area contributed by atoms with Crippen LogP contribution in [0.2, 0.25) is 0 Å². The van der Waals surface area contributed by atoms with Crippen LogP contribution in [-0.4, -0.2) is 70.9 Å². The summed E-state index contributed by atoms with van der Waals surface area (Å²) in [5, 5.41) is 11.4. The molecule has 0 aromatic heterocycles. The molecule has 7 nitrogen and oxygen atoms in total. The quantitative estimate of drug-likeness (QED) is 0.249. The Morgan fingerprint density at radius 1 is 0.878 bits per heavy atom. The Kier molecular flexibility index (Phi) is 11.0. The lowest BCUT2D eigenvalue weighted by molar-refractivity contribution is 0.0230. The molecule has 3 aromatic carbocycles. The SMILES string of the molecule is CC(C)N(CCN(C/C(=C/c1ccc(C(=O)O)cc1)COc1cccc2ccccc12)C(=O)OC(C)(C)C)C(C)C. The minimum Gasteiger partial charge on any atom is -0.489 e. The van der Waals surface area contributed by atoms with Crippen molar-refractivity contribution in [2.75, 3.05) is 26.2 Å². The van der Waals surface area contributed by atoms with Crippen LogP contribution in [0.15, 0.2) is 72.3 Å². The minimum absolute atomic E-state index is 0.216. The monoisotopic (exact) mass is 560 g/mol. The van der Waals surface area contributed by atoms with Gasteiger partial charge in [0.15, 0.2) is 0 Å². The predicted octanol–water partition coefficient (Wildman–Crippen LogP) is 7.36. The normalized spacial score (nSPS) is 12.3. The number of carboxylic acids is 1. The first-order chi connectivity index (χ1) is 19.3. The van der Waals surface area contributed by atoms with Crippen LogP contribution >= 0.6 is 0 Å². The number of carboxylic acid groups (broad SMARTS) is 1. The van der Waals surface area contributed by atoms with E-state index in [1.165, 1.54) is 0 Å². The lowest BCUT2D eigenvalue weighted by atomic mass is 10.1. The molecule has 0 aliphatic rings. The van der Waals surface area contributed by atoms with Crippen LogP contribution in [0.4, 0.5) is 4.79 Å². The Balaban J connectivity index is 1.94. The maximum atomic E-state index is 13.4. The summed E-state index contributed by atoms with van der Waals surface area (Å²) in [6.45, 7) is 15.9. The summed E-state index contributed by atoms with van der Waals surface area (Å²) in [7, 11) is 0. The molecular formula is C34H44N2O5. The van der Waals surface area contributed by atoms with Crippen molar-refractivity contribution in [3.63, 3.8) is 0 Å². The second-order valence-corrected chi connectivity index (χ2v) is 11.8. The van der Waals surface area contributed by atoms with E-state index < -0.39 is 11.6 Å². The third-order valence-electron chi connectivity index (χ3n) is 6.69. The number of benzene rings is 3. The van der Waals surface area contributed by atoms with Crippen LogP contribution in [0.25, 0.3) is 16.8 Å². The molecule has 3 aromatic rings. The number of ether oxygens (including phenoxy) is 2. The van der Waals surface area contributed by atoms with Gasteiger partial charge in [-0.1, -0.05) is 54.6 Å². The summed E-state index contributed by atoms with van der Waals surface area (Å²) < 4.78 is 12.1. The van der Waals surface area contributed by atoms with E-state index in [0.29, 0.717) is 31.7 Å². The number of rotatable bonds is 12. The minimum atomic E-state index is -0.976. The van der Waals surface area contributed by atoms with Gasteiger partial charge in [-0.2, -0.15) is 0 Å². The predicted molar refractivity (Wildman–Crippen MR) is 166 cm³/mol. The summed E-state index contributed by atoms with van der Waals surface area (Å²) in [5.41, 5.74) is 1.25. The van der Waals surface area contributed by atoms with E-state index in [1.807, 2.05) is 69.3 Å². The van der Waals surface area contributed by atoms with Crippen molar-refractivity contribution in [3.05, 3.63) is 83.4 Å². The zero-order valence-corrected chi connectivity index (χ0v) is 25.4. The molecule has 41 heavy (non-hydrogen) atoms. The molecule has 1 amide bonds. The van der Waals surface area contributed by atoms with E-state index in [4.69, 9.17) is 9.47 Å². The molecule has 0 aliphatic heterocycles. The highest BCUT2D eigenvalue weighted by Gasteiger charge is 2.25. The summed E-state index contributed by atoms with van der Waals surface area (Å²) >= 11 is 0. The Morgan fingerprint density at radius 3 is 2.12 bits per heavy atom. The molecule has 0 atom stereocenters. The van der Waals surface area contributed by atoms with Crippen LogP contribution in [0.5, 0.6) is 5.75 Å². The summed E-state index contributed by atoms with van der Waals surface area (Å²) in [6, 6.07) is 21.3. The first-order valence-electron chi connectivity index (χ1n) is 14.2. The third-order valence-corrected chi connectivity index (χ3v) is 6.69. The molecule has 0 saturated carbocycles. The van der Waals surface area contributed by atoms with Crippen molar-refractivity contribution < 1.29 is 24.2 Å². The molecule has 0 bridgehead atoms. The van der Waals surface area contributed by atoms with Gasteiger partial charge in [0.25, 0.3) is 0 Å². The van der Waals surface area contributed by atoms with Gasteiger partial charge >= 0.3 is 12.1 Å². The fraction of sp³-hybridized carbons (Fsp3) is 0.412. The smallest absolute Gasteiger partial charge is 0.410 e. The molecule has 0 radical (unpaired) electrons. The van der Waals surface area contributed by atoms with Crippen molar-refractivity contribution in [1.29, 1.82) is 0 Å². The molecule has 0 fully saturated rings. The molecule has 7 heteroatoms. The van der Waals surface area contributed by atoms with Crippen LogP contribution < -0.4 is 4.74 Å². The molecule has 0 heterocycles. The van der Waals surface area contributed by atoms with E-state index in [-0.39, 0.29) is 18.3 Å². The number of carbonyl (C=O) groups is 2. The van der Waals surface area contributed by atoms with E-state index in [0.717, 1.165) is 27.7 Å². The van der Waals surface area contributed by atoms with E-state index >= 15 is 0 Å². The molecule has 220 valence electrons. The molecule has 0 spiro atoms. The number of carbonyl (C=O) groups excluding carboxylic acids is 1. The van der Waals surface area contributed by atoms with Gasteiger partial charge in [0, 0.05) is 37.1 Å². The summed E-state index contributed by atoms with van der Waals surface area (Å²) in [5.74, 6) is -0.221. The number of amides is 1. The maximum absolute atomic E-state index is 13.4. The van der Waals surface area contributed by atoms with Crippen LogP contribution in [0, 0.1) is 0 Å². The van der Waals surface area contributed by atoms with E-state index in [1.54, 1.807) is 29.2 Å². The van der Waals surface area contributed by atoms with Gasteiger partial charge < -0.3 is 19.5 Å². The van der Waals surface area contributed by atoms with Crippen LogP contribution in [0.1, 0.15) is 64.4 Å². The number of aromatic carboxylic acids is 1. The highest BCUT2D eigenvalue weighted by molar-refractivity contribution is 5.88. The van der Waals surface area contributed by atoms with Crippen molar-refractivity contribution in [2.24, 2.45) is 0 Å². The Labute approximate surface area is 244 Å². The fourth-order valence-corrected chi connectivity index (χ4v) is 4.74. The van der Waals surface area contributed by atoms with Gasteiger partial charge in [-0.25, -0.2) is 9.59 Å². The Morgan fingerprint density at radius 2 is 1.51 bits per heavy atom. The van der Waals surface area contributed by atoms with Crippen molar-refractivity contribution in [2.45, 2.75) is 66.2 Å². The third kappa shape index (κ3) is 9.64. The zero-order chi connectivity index (χ0) is 30.2. The topological polar surface area (TPSA) is 79.3 Å². The standard InChI is InChI=1S/C34H44N2O5/c1-24(2)36(25(3)4)20-19-35(33(39)41-34(5,6)7)22-27(21-26-15-17-29(18-16-26)32(37)38)23-40-31-14-10-12-28-11-8-9-13-30(28)31/h8-18,21,24-25H,19-20,22-23H2,1-7H3,(H,37,38)/b27-21-. The maximum Gasteiger partial charge on any atom is 0.410 e. The molecule has 3 rings (SSSR count). The van der Waals surface area contributed by atoms with E-state index in [2.05, 4.69) is 32.6 Å². The van der Waals surface area contributed by atoms with Gasteiger partial charge in [-0.3, -0.25) is 4.90 Å².